The summed E-state index contributed by atoms with van der Waals surface area (Å²) in [6, 6.07) is 3.63. The molecule has 0 radical (unpaired) electrons. The molecule has 0 N–H and O–H groups in total. The van der Waals surface area contributed by atoms with E-state index in [1.807, 2.05) is 33.6 Å². The van der Waals surface area contributed by atoms with Crippen molar-refractivity contribution in [3.8, 4) is 22.9 Å². The molecule has 0 amide bonds. The fourth-order valence-corrected chi connectivity index (χ4v) is 3.19. The summed E-state index contributed by atoms with van der Waals surface area (Å²) >= 11 is 6.43. The van der Waals surface area contributed by atoms with Crippen LogP contribution in [-0.2, 0) is 6.54 Å². The van der Waals surface area contributed by atoms with Gasteiger partial charge in [0.1, 0.15) is 5.82 Å². The highest BCUT2D eigenvalue weighted by molar-refractivity contribution is 6.33. The molecule has 1 aliphatic rings. The third kappa shape index (κ3) is 2.32. The standard InChI is InChI=1S/C17H12ClN5O2/c18-13-6-15-14(24-10-25-15)5-12(13)17-20-2-3-22(17)9-11-7-21-16-8-19-1-4-23(11)16/h1-8H,9-10H2. The lowest BCUT2D eigenvalue weighted by Gasteiger charge is -2.10. The zero-order valence-electron chi connectivity index (χ0n) is 13.0. The van der Waals surface area contributed by atoms with Crippen molar-refractivity contribution in [2.45, 2.75) is 6.54 Å². The van der Waals surface area contributed by atoms with Gasteiger partial charge in [-0.25, -0.2) is 9.97 Å². The van der Waals surface area contributed by atoms with Gasteiger partial charge in [-0.1, -0.05) is 11.6 Å². The molecule has 0 atom stereocenters. The Hall–Kier alpha value is -3.06. The van der Waals surface area contributed by atoms with E-state index in [0.717, 1.165) is 22.7 Å². The lowest BCUT2D eigenvalue weighted by molar-refractivity contribution is 0.174. The molecule has 3 aromatic heterocycles. The predicted octanol–water partition coefficient (Wildman–Crippen LogP) is 3.02. The van der Waals surface area contributed by atoms with Gasteiger partial charge in [0.05, 0.1) is 29.7 Å². The van der Waals surface area contributed by atoms with Crippen LogP contribution in [0.2, 0.25) is 5.02 Å². The van der Waals surface area contributed by atoms with E-state index in [2.05, 4.69) is 15.0 Å². The highest BCUT2D eigenvalue weighted by Gasteiger charge is 2.20. The number of aromatic nitrogens is 5. The second kappa shape index (κ2) is 5.49. The minimum absolute atomic E-state index is 0.208. The minimum atomic E-state index is 0.208. The molecule has 0 saturated carbocycles. The summed E-state index contributed by atoms with van der Waals surface area (Å²) in [5, 5.41) is 0.569. The van der Waals surface area contributed by atoms with E-state index >= 15 is 0 Å². The van der Waals surface area contributed by atoms with Gasteiger partial charge in [0, 0.05) is 36.4 Å². The van der Waals surface area contributed by atoms with E-state index in [4.69, 9.17) is 21.1 Å². The Bertz CT molecular complexity index is 1090. The molecule has 4 aromatic rings. The molecule has 4 heterocycles. The number of rotatable bonds is 3. The van der Waals surface area contributed by atoms with Crippen LogP contribution in [0.4, 0.5) is 0 Å². The molecule has 0 saturated heterocycles. The van der Waals surface area contributed by atoms with Crippen LogP contribution in [0.1, 0.15) is 5.69 Å². The molecule has 1 aromatic carbocycles. The molecule has 8 heteroatoms. The molecular formula is C17H12ClN5O2. The summed E-state index contributed by atoms with van der Waals surface area (Å²) in [6.45, 7) is 0.810. The summed E-state index contributed by atoms with van der Waals surface area (Å²) in [5.74, 6) is 2.09. The average Bonchev–Trinajstić information content (AvgIpc) is 3.34. The van der Waals surface area contributed by atoms with Gasteiger partial charge in [-0.3, -0.25) is 9.38 Å². The number of hydrogen-bond acceptors (Lipinski definition) is 5. The summed E-state index contributed by atoms with van der Waals surface area (Å²) in [7, 11) is 0. The summed E-state index contributed by atoms with van der Waals surface area (Å²) < 4.78 is 14.8. The van der Waals surface area contributed by atoms with Crippen molar-refractivity contribution >= 4 is 17.2 Å². The molecular weight excluding hydrogens is 342 g/mol. The zero-order chi connectivity index (χ0) is 16.8. The van der Waals surface area contributed by atoms with E-state index in [-0.39, 0.29) is 6.79 Å². The maximum absolute atomic E-state index is 6.43. The van der Waals surface area contributed by atoms with Crippen LogP contribution in [0.3, 0.4) is 0 Å². The van der Waals surface area contributed by atoms with Crippen molar-refractivity contribution in [2.75, 3.05) is 6.79 Å². The maximum Gasteiger partial charge on any atom is 0.231 e. The Morgan fingerprint density at radius 2 is 1.92 bits per heavy atom. The Labute approximate surface area is 147 Å². The molecule has 0 spiro atoms. The second-order valence-corrected chi connectivity index (χ2v) is 6.03. The third-order valence-electron chi connectivity index (χ3n) is 4.14. The van der Waals surface area contributed by atoms with E-state index < -0.39 is 0 Å². The lowest BCUT2D eigenvalue weighted by atomic mass is 10.2. The quantitative estimate of drug-likeness (QED) is 0.566. The summed E-state index contributed by atoms with van der Waals surface area (Å²) in [6.07, 6.45) is 10.9. The maximum atomic E-state index is 6.43. The fourth-order valence-electron chi connectivity index (χ4n) is 2.96. The van der Waals surface area contributed by atoms with Crippen LogP contribution >= 0.6 is 11.6 Å². The predicted molar refractivity (Wildman–Crippen MR) is 90.9 cm³/mol. The third-order valence-corrected chi connectivity index (χ3v) is 4.46. The normalized spacial score (nSPS) is 12.8. The summed E-state index contributed by atoms with van der Waals surface area (Å²) in [5.41, 5.74) is 2.63. The van der Waals surface area contributed by atoms with Crippen molar-refractivity contribution in [1.29, 1.82) is 0 Å². The molecule has 5 rings (SSSR count). The Kier molecular flexibility index (Phi) is 3.14. The molecule has 124 valence electrons. The Morgan fingerprint density at radius 3 is 2.84 bits per heavy atom. The first-order chi connectivity index (χ1) is 12.3. The summed E-state index contributed by atoms with van der Waals surface area (Å²) in [4.78, 5) is 12.9. The SMILES string of the molecule is Clc1cc2c(cc1-c1nccn1Cc1cnc3cnccn13)OCO2. The number of fused-ring (bicyclic) bond motifs is 2. The van der Waals surface area contributed by atoms with Crippen LogP contribution in [0, 0.1) is 0 Å². The Balaban J connectivity index is 1.57. The number of ether oxygens (including phenoxy) is 2. The molecule has 1 aliphatic heterocycles. The lowest BCUT2D eigenvalue weighted by Crippen LogP contribution is -2.04. The van der Waals surface area contributed by atoms with Gasteiger partial charge < -0.3 is 14.0 Å². The molecule has 0 aliphatic carbocycles. The van der Waals surface area contributed by atoms with Gasteiger partial charge in [-0.2, -0.15) is 0 Å². The van der Waals surface area contributed by atoms with Crippen LogP contribution in [-0.4, -0.2) is 30.7 Å². The number of nitrogens with zero attached hydrogens (tertiary/aromatic N) is 5. The smallest absolute Gasteiger partial charge is 0.231 e. The van der Waals surface area contributed by atoms with E-state index in [9.17, 15) is 0 Å². The van der Waals surface area contributed by atoms with Crippen LogP contribution in [0.15, 0.2) is 49.3 Å². The highest BCUT2D eigenvalue weighted by Crippen LogP contribution is 2.40. The van der Waals surface area contributed by atoms with Crippen molar-refractivity contribution in [2.24, 2.45) is 0 Å². The van der Waals surface area contributed by atoms with Crippen molar-refractivity contribution < 1.29 is 9.47 Å². The van der Waals surface area contributed by atoms with Gasteiger partial charge in [-0.15, -0.1) is 0 Å². The van der Waals surface area contributed by atoms with Gasteiger partial charge >= 0.3 is 0 Å². The average molecular weight is 354 g/mol. The monoisotopic (exact) mass is 353 g/mol. The topological polar surface area (TPSA) is 66.5 Å². The van der Waals surface area contributed by atoms with Crippen LogP contribution < -0.4 is 9.47 Å². The number of benzene rings is 1. The molecule has 7 nitrogen and oxygen atoms in total. The van der Waals surface area contributed by atoms with Crippen LogP contribution in [0.25, 0.3) is 17.0 Å². The van der Waals surface area contributed by atoms with Crippen molar-refractivity contribution in [1.82, 2.24) is 23.9 Å². The molecule has 0 fully saturated rings. The van der Waals surface area contributed by atoms with Crippen LogP contribution in [0.5, 0.6) is 11.5 Å². The van der Waals surface area contributed by atoms with Crippen molar-refractivity contribution in [3.63, 3.8) is 0 Å². The number of imidazole rings is 2. The molecule has 0 bridgehead atoms. The van der Waals surface area contributed by atoms with Gasteiger partial charge in [0.15, 0.2) is 17.1 Å². The Morgan fingerprint density at radius 1 is 1.04 bits per heavy atom. The fraction of sp³-hybridized carbons (Fsp3) is 0.118. The van der Waals surface area contributed by atoms with E-state index in [1.54, 1.807) is 24.7 Å². The molecule has 25 heavy (non-hydrogen) atoms. The number of hydrogen-bond donors (Lipinski definition) is 0. The first-order valence-corrected chi connectivity index (χ1v) is 8.04. The minimum Gasteiger partial charge on any atom is -0.454 e. The number of halogens is 1. The van der Waals surface area contributed by atoms with Crippen molar-refractivity contribution in [3.05, 3.63) is 60.0 Å². The molecule has 0 unspecified atom stereocenters. The van der Waals surface area contributed by atoms with E-state index in [0.29, 0.717) is 23.1 Å². The van der Waals surface area contributed by atoms with E-state index in [1.165, 1.54) is 0 Å². The van der Waals surface area contributed by atoms with Gasteiger partial charge in [0.25, 0.3) is 0 Å². The first kappa shape index (κ1) is 14.3. The highest BCUT2D eigenvalue weighted by atomic mass is 35.5. The zero-order valence-corrected chi connectivity index (χ0v) is 13.7. The largest absolute Gasteiger partial charge is 0.454 e. The second-order valence-electron chi connectivity index (χ2n) is 5.62. The first-order valence-electron chi connectivity index (χ1n) is 7.66. The van der Waals surface area contributed by atoms with Gasteiger partial charge in [-0.05, 0) is 6.07 Å². The van der Waals surface area contributed by atoms with Gasteiger partial charge in [0.2, 0.25) is 6.79 Å².